The van der Waals surface area contributed by atoms with Crippen molar-refractivity contribution < 1.29 is 14.6 Å². The predicted octanol–water partition coefficient (Wildman–Crippen LogP) is 4.16. The molecule has 0 unspecified atom stereocenters. The van der Waals surface area contributed by atoms with E-state index in [0.717, 1.165) is 24.8 Å². The average molecular weight is 318 g/mol. The summed E-state index contributed by atoms with van der Waals surface area (Å²) in [6.45, 7) is 9.47. The van der Waals surface area contributed by atoms with Gasteiger partial charge in [0.1, 0.15) is 6.61 Å². The highest BCUT2D eigenvalue weighted by molar-refractivity contribution is 5.85. The number of hydrogen-bond acceptors (Lipinski definition) is 3. The third-order valence-electron chi connectivity index (χ3n) is 6.80. The summed E-state index contributed by atoms with van der Waals surface area (Å²) < 4.78 is 5.01. The summed E-state index contributed by atoms with van der Waals surface area (Å²) in [4.78, 5) is 11.3. The van der Waals surface area contributed by atoms with Gasteiger partial charge in [-0.1, -0.05) is 45.8 Å². The molecule has 0 spiro atoms. The van der Waals surface area contributed by atoms with E-state index < -0.39 is 5.60 Å². The topological polar surface area (TPSA) is 46.5 Å². The molecule has 1 heterocycles. The molecule has 3 atom stereocenters. The molecule has 3 aliphatic rings. The van der Waals surface area contributed by atoms with Gasteiger partial charge in [-0.2, -0.15) is 0 Å². The highest BCUT2D eigenvalue weighted by Gasteiger charge is 2.57. The van der Waals surface area contributed by atoms with Crippen LogP contribution in [0.1, 0.15) is 66.2 Å². The first-order chi connectivity index (χ1) is 10.7. The van der Waals surface area contributed by atoms with Crippen LogP contribution in [0.2, 0.25) is 0 Å². The molecule has 0 aromatic heterocycles. The Morgan fingerprint density at radius 1 is 1.30 bits per heavy atom. The SMILES string of the molecule is C[C@@H]1CC=C2C(C)(C)CCC[C@]2(C)[C@@]1(O)CCC1=CC(=O)OC1. The number of fused-ring (bicyclic) bond motifs is 1. The second-order valence-corrected chi connectivity index (χ2v) is 8.66. The Hall–Kier alpha value is -1.09. The molecule has 3 heteroatoms. The average Bonchev–Trinajstić information content (AvgIpc) is 2.87. The van der Waals surface area contributed by atoms with Crippen molar-refractivity contribution in [3.8, 4) is 0 Å². The molecule has 1 N–H and O–H groups in total. The zero-order valence-corrected chi connectivity index (χ0v) is 14.9. The van der Waals surface area contributed by atoms with E-state index in [-0.39, 0.29) is 22.7 Å². The maximum Gasteiger partial charge on any atom is 0.331 e. The van der Waals surface area contributed by atoms with Gasteiger partial charge in [0, 0.05) is 11.5 Å². The minimum Gasteiger partial charge on any atom is -0.458 e. The molecule has 0 radical (unpaired) electrons. The Labute approximate surface area is 139 Å². The molecule has 1 fully saturated rings. The molecule has 1 aliphatic heterocycles. The summed E-state index contributed by atoms with van der Waals surface area (Å²) in [7, 11) is 0. The summed E-state index contributed by atoms with van der Waals surface area (Å²) in [5, 5.41) is 11.8. The number of cyclic esters (lactones) is 1. The molecule has 1 saturated carbocycles. The van der Waals surface area contributed by atoms with Crippen LogP contribution in [0.25, 0.3) is 0 Å². The fourth-order valence-corrected chi connectivity index (χ4v) is 5.32. The van der Waals surface area contributed by atoms with Gasteiger partial charge in [-0.05, 0) is 49.0 Å². The highest BCUT2D eigenvalue weighted by atomic mass is 16.5. The molecule has 3 rings (SSSR count). The van der Waals surface area contributed by atoms with Gasteiger partial charge in [-0.25, -0.2) is 4.79 Å². The molecular formula is C20H30O3. The van der Waals surface area contributed by atoms with E-state index in [0.29, 0.717) is 13.0 Å². The Balaban J connectivity index is 1.88. The minimum atomic E-state index is -0.707. The van der Waals surface area contributed by atoms with Crippen molar-refractivity contribution >= 4 is 5.97 Å². The van der Waals surface area contributed by atoms with E-state index in [9.17, 15) is 9.90 Å². The third kappa shape index (κ3) is 2.57. The smallest absolute Gasteiger partial charge is 0.331 e. The molecule has 0 saturated heterocycles. The van der Waals surface area contributed by atoms with Crippen LogP contribution in [0.4, 0.5) is 0 Å². The predicted molar refractivity (Wildman–Crippen MR) is 90.8 cm³/mol. The second kappa shape index (κ2) is 5.47. The largest absolute Gasteiger partial charge is 0.458 e. The van der Waals surface area contributed by atoms with Crippen molar-refractivity contribution in [3.63, 3.8) is 0 Å². The number of carbonyl (C=O) groups excluding carboxylic acids is 1. The van der Waals surface area contributed by atoms with Gasteiger partial charge in [-0.15, -0.1) is 0 Å². The van der Waals surface area contributed by atoms with Gasteiger partial charge in [0.2, 0.25) is 0 Å². The first-order valence-corrected chi connectivity index (χ1v) is 8.99. The van der Waals surface area contributed by atoms with Crippen molar-refractivity contribution in [1.82, 2.24) is 0 Å². The van der Waals surface area contributed by atoms with Crippen molar-refractivity contribution in [2.75, 3.05) is 6.61 Å². The van der Waals surface area contributed by atoms with Gasteiger partial charge >= 0.3 is 5.97 Å². The molecule has 0 aromatic carbocycles. The van der Waals surface area contributed by atoms with E-state index in [1.807, 2.05) is 0 Å². The Morgan fingerprint density at radius 2 is 2.04 bits per heavy atom. The van der Waals surface area contributed by atoms with Gasteiger partial charge in [0.05, 0.1) is 5.60 Å². The van der Waals surface area contributed by atoms with E-state index in [4.69, 9.17) is 4.74 Å². The van der Waals surface area contributed by atoms with Gasteiger partial charge in [0.15, 0.2) is 0 Å². The summed E-state index contributed by atoms with van der Waals surface area (Å²) >= 11 is 0. The maximum atomic E-state index is 11.8. The molecule has 0 amide bonds. The lowest BCUT2D eigenvalue weighted by Gasteiger charge is -2.59. The summed E-state index contributed by atoms with van der Waals surface area (Å²) in [5.74, 6) is -0.00180. The lowest BCUT2D eigenvalue weighted by molar-refractivity contribution is -0.135. The van der Waals surface area contributed by atoms with Gasteiger partial charge in [0.25, 0.3) is 0 Å². The summed E-state index contributed by atoms with van der Waals surface area (Å²) in [6.07, 6.45) is 9.82. The number of ether oxygens (including phenoxy) is 1. The second-order valence-electron chi connectivity index (χ2n) is 8.66. The molecule has 128 valence electrons. The van der Waals surface area contributed by atoms with Crippen LogP contribution in [-0.4, -0.2) is 23.3 Å². The van der Waals surface area contributed by atoms with Gasteiger partial charge < -0.3 is 9.84 Å². The van der Waals surface area contributed by atoms with Crippen LogP contribution in [0.5, 0.6) is 0 Å². The van der Waals surface area contributed by atoms with Crippen molar-refractivity contribution in [2.45, 2.75) is 71.8 Å². The Bertz CT molecular complexity index is 571. The molecule has 3 nitrogen and oxygen atoms in total. The van der Waals surface area contributed by atoms with Crippen molar-refractivity contribution in [3.05, 3.63) is 23.3 Å². The number of allylic oxidation sites excluding steroid dienone is 1. The minimum absolute atomic E-state index is 0.156. The first-order valence-electron chi connectivity index (χ1n) is 8.99. The van der Waals surface area contributed by atoms with Crippen LogP contribution in [0.3, 0.4) is 0 Å². The van der Waals surface area contributed by atoms with E-state index in [1.165, 1.54) is 18.4 Å². The first kappa shape index (κ1) is 16.8. The Morgan fingerprint density at radius 3 is 2.70 bits per heavy atom. The number of esters is 1. The molecule has 0 bridgehead atoms. The highest BCUT2D eigenvalue weighted by Crippen LogP contribution is 2.61. The molecule has 2 aliphatic carbocycles. The third-order valence-corrected chi connectivity index (χ3v) is 6.80. The number of rotatable bonds is 3. The number of aliphatic hydroxyl groups is 1. The fraction of sp³-hybridized carbons (Fsp3) is 0.750. The van der Waals surface area contributed by atoms with Crippen molar-refractivity contribution in [1.29, 1.82) is 0 Å². The summed E-state index contributed by atoms with van der Waals surface area (Å²) in [5.41, 5.74) is 1.78. The van der Waals surface area contributed by atoms with E-state index in [1.54, 1.807) is 6.08 Å². The van der Waals surface area contributed by atoms with Gasteiger partial charge in [-0.3, -0.25) is 0 Å². The summed E-state index contributed by atoms with van der Waals surface area (Å²) in [6, 6.07) is 0. The van der Waals surface area contributed by atoms with E-state index >= 15 is 0 Å². The molecule has 0 aromatic rings. The van der Waals surface area contributed by atoms with Crippen LogP contribution < -0.4 is 0 Å². The van der Waals surface area contributed by atoms with E-state index in [2.05, 4.69) is 33.8 Å². The number of carbonyl (C=O) groups is 1. The molecular weight excluding hydrogens is 288 g/mol. The van der Waals surface area contributed by atoms with Crippen LogP contribution >= 0.6 is 0 Å². The monoisotopic (exact) mass is 318 g/mol. The Kier molecular flexibility index (Phi) is 3.99. The lowest BCUT2D eigenvalue weighted by Crippen LogP contribution is -2.57. The van der Waals surface area contributed by atoms with Crippen LogP contribution in [0.15, 0.2) is 23.3 Å². The molecule has 23 heavy (non-hydrogen) atoms. The van der Waals surface area contributed by atoms with Crippen molar-refractivity contribution in [2.24, 2.45) is 16.7 Å². The lowest BCUT2D eigenvalue weighted by atomic mass is 9.48. The van der Waals surface area contributed by atoms with Crippen LogP contribution in [0, 0.1) is 16.7 Å². The van der Waals surface area contributed by atoms with Crippen LogP contribution in [-0.2, 0) is 9.53 Å². The zero-order chi connectivity index (χ0) is 16.9. The number of hydrogen-bond donors (Lipinski definition) is 1. The zero-order valence-electron chi connectivity index (χ0n) is 14.9. The normalized spacial score (nSPS) is 39.3. The fourth-order valence-electron chi connectivity index (χ4n) is 5.32. The standard InChI is InChI=1S/C20H30O3/c1-14-6-7-16-18(2,3)9-5-10-19(16,4)20(14,22)11-8-15-12-17(21)23-13-15/h7,12,14,22H,5-6,8-11,13H2,1-4H3/t14-,19+,20-/m1/s1. The maximum absolute atomic E-state index is 11.8. The quantitative estimate of drug-likeness (QED) is 0.628.